The van der Waals surface area contributed by atoms with Gasteiger partial charge in [-0.05, 0) is 37.1 Å². The van der Waals surface area contributed by atoms with Gasteiger partial charge in [0.05, 0.1) is 5.69 Å². The Morgan fingerprint density at radius 3 is 2.54 bits per heavy atom. The summed E-state index contributed by atoms with van der Waals surface area (Å²) in [6.07, 6.45) is 1.97. The minimum absolute atomic E-state index is 0.708. The summed E-state index contributed by atoms with van der Waals surface area (Å²) >= 11 is 0. The number of hydrogen-bond donors (Lipinski definition) is 3. The highest BCUT2D eigenvalue weighted by molar-refractivity contribution is 5.42. The lowest BCUT2D eigenvalue weighted by Gasteiger charge is -2.02. The summed E-state index contributed by atoms with van der Waals surface area (Å²) in [7, 11) is 0. The number of rotatable bonds is 5. The van der Waals surface area contributed by atoms with E-state index in [0.29, 0.717) is 6.54 Å². The van der Waals surface area contributed by atoms with E-state index >= 15 is 0 Å². The van der Waals surface area contributed by atoms with Crippen molar-refractivity contribution >= 4 is 5.69 Å². The first-order valence-corrected chi connectivity index (χ1v) is 4.22. The first-order valence-electron chi connectivity index (χ1n) is 4.22. The van der Waals surface area contributed by atoms with Crippen molar-refractivity contribution in [2.45, 2.75) is 12.8 Å². The Kier molecular flexibility index (Phi) is 4.25. The third-order valence-corrected chi connectivity index (χ3v) is 1.79. The molecule has 1 rings (SSSR count). The first kappa shape index (κ1) is 9.98. The molecule has 0 unspecified atom stereocenters. The molecule has 0 amide bonds. The van der Waals surface area contributed by atoms with E-state index in [9.17, 15) is 0 Å². The van der Waals surface area contributed by atoms with E-state index in [4.69, 9.17) is 11.0 Å². The zero-order valence-corrected chi connectivity index (χ0v) is 7.36. The minimum Gasteiger partial charge on any atom is -0.330 e. The zero-order valence-electron chi connectivity index (χ0n) is 7.36. The van der Waals surface area contributed by atoms with E-state index in [1.54, 1.807) is 0 Å². The maximum Gasteiger partial charge on any atom is 0.0634 e. The fourth-order valence-corrected chi connectivity index (χ4v) is 1.10. The molecule has 0 fully saturated rings. The van der Waals surface area contributed by atoms with Crippen LogP contribution >= 0.6 is 0 Å². The molecule has 1 aromatic carbocycles. The van der Waals surface area contributed by atoms with Crippen molar-refractivity contribution in [3.63, 3.8) is 0 Å². The van der Waals surface area contributed by atoms with Crippen LogP contribution in [0, 0.1) is 0 Å². The van der Waals surface area contributed by atoms with Crippen LogP contribution in [-0.2, 0) is 11.4 Å². The van der Waals surface area contributed by atoms with Gasteiger partial charge in [-0.25, -0.2) is 10.7 Å². The fourth-order valence-electron chi connectivity index (χ4n) is 1.10. The van der Waals surface area contributed by atoms with Crippen LogP contribution in [0.2, 0.25) is 0 Å². The summed E-state index contributed by atoms with van der Waals surface area (Å²) in [5.74, 6) is 0. The van der Waals surface area contributed by atoms with Gasteiger partial charge < -0.3 is 5.73 Å². The number of anilines is 1. The fraction of sp³-hybridized carbons (Fsp3) is 0.333. The summed E-state index contributed by atoms with van der Waals surface area (Å²) in [6.45, 7) is 0.708. The van der Waals surface area contributed by atoms with E-state index < -0.39 is 0 Å². The molecule has 0 heterocycles. The molecule has 0 aliphatic rings. The average Bonchev–Trinajstić information content (AvgIpc) is 2.17. The maximum atomic E-state index is 8.10. The number of hydrogen-bond acceptors (Lipinski definition) is 4. The molecule has 0 atom stereocenters. The summed E-state index contributed by atoms with van der Waals surface area (Å²) in [4.78, 5) is 3.78. The molecule has 0 aromatic heterocycles. The van der Waals surface area contributed by atoms with Gasteiger partial charge in [-0.15, -0.1) is 4.99 Å². The number of benzene rings is 1. The third kappa shape index (κ3) is 3.42. The van der Waals surface area contributed by atoms with Gasteiger partial charge in [0.25, 0.3) is 0 Å². The molecular formula is C9H14N2O2. The molecule has 0 saturated carbocycles. The largest absolute Gasteiger partial charge is 0.330 e. The van der Waals surface area contributed by atoms with E-state index in [1.165, 1.54) is 5.56 Å². The van der Waals surface area contributed by atoms with Gasteiger partial charge >= 0.3 is 0 Å². The molecule has 0 spiro atoms. The van der Waals surface area contributed by atoms with Gasteiger partial charge in [-0.2, -0.15) is 0 Å². The van der Waals surface area contributed by atoms with Crippen molar-refractivity contribution < 1.29 is 10.2 Å². The van der Waals surface area contributed by atoms with Crippen LogP contribution in [-0.4, -0.2) is 11.8 Å². The molecule has 4 nitrogen and oxygen atoms in total. The molecule has 72 valence electrons. The van der Waals surface area contributed by atoms with Gasteiger partial charge in [-0.3, -0.25) is 0 Å². The summed E-state index contributed by atoms with van der Waals surface area (Å²) in [5.41, 5.74) is 9.66. The van der Waals surface area contributed by atoms with E-state index in [1.807, 2.05) is 24.3 Å². The molecule has 1 aromatic rings. The second kappa shape index (κ2) is 5.53. The Morgan fingerprint density at radius 1 is 1.31 bits per heavy atom. The predicted octanol–water partition coefficient (Wildman–Crippen LogP) is 1.39. The zero-order chi connectivity index (χ0) is 9.52. The summed E-state index contributed by atoms with van der Waals surface area (Å²) in [5, 5.41) is 8.10. The van der Waals surface area contributed by atoms with Crippen LogP contribution in [0.4, 0.5) is 5.69 Å². The Bertz CT molecular complexity index is 236. The molecule has 13 heavy (non-hydrogen) atoms. The number of nitrogens with one attached hydrogen (secondary N) is 1. The van der Waals surface area contributed by atoms with Gasteiger partial charge in [0, 0.05) is 0 Å². The summed E-state index contributed by atoms with van der Waals surface area (Å²) < 4.78 is 0. The van der Waals surface area contributed by atoms with Gasteiger partial charge in [-0.1, -0.05) is 12.1 Å². The summed E-state index contributed by atoms with van der Waals surface area (Å²) in [6, 6.07) is 7.61. The van der Waals surface area contributed by atoms with Crippen LogP contribution in [0.1, 0.15) is 12.0 Å². The average molecular weight is 182 g/mol. The lowest BCUT2D eigenvalue weighted by atomic mass is 10.1. The van der Waals surface area contributed by atoms with Crippen LogP contribution < -0.4 is 11.2 Å². The maximum absolute atomic E-state index is 8.10. The molecule has 0 saturated heterocycles. The molecule has 4 N–H and O–H groups in total. The van der Waals surface area contributed by atoms with E-state index in [-0.39, 0.29) is 0 Å². The van der Waals surface area contributed by atoms with E-state index in [2.05, 4.69) is 10.5 Å². The van der Waals surface area contributed by atoms with Crippen LogP contribution in [0.5, 0.6) is 0 Å². The number of aryl methyl sites for hydroxylation is 1. The van der Waals surface area contributed by atoms with Crippen LogP contribution in [0.3, 0.4) is 0 Å². The van der Waals surface area contributed by atoms with Gasteiger partial charge in [0.1, 0.15) is 0 Å². The molecule has 0 aliphatic carbocycles. The normalized spacial score (nSPS) is 10.0. The first-order chi connectivity index (χ1) is 6.36. The van der Waals surface area contributed by atoms with Crippen LogP contribution in [0.25, 0.3) is 0 Å². The molecule has 0 bridgehead atoms. The van der Waals surface area contributed by atoms with Crippen molar-refractivity contribution in [2.75, 3.05) is 12.0 Å². The van der Waals surface area contributed by atoms with Crippen LogP contribution in [0.15, 0.2) is 24.3 Å². The predicted molar refractivity (Wildman–Crippen MR) is 51.2 cm³/mol. The topological polar surface area (TPSA) is 67.5 Å². The number of nitrogens with two attached hydrogens (primary N) is 1. The van der Waals surface area contributed by atoms with E-state index in [0.717, 1.165) is 18.5 Å². The van der Waals surface area contributed by atoms with Crippen molar-refractivity contribution in [3.05, 3.63) is 29.8 Å². The minimum atomic E-state index is 0.708. The Balaban J connectivity index is 2.48. The van der Waals surface area contributed by atoms with Gasteiger partial charge in [0.15, 0.2) is 0 Å². The van der Waals surface area contributed by atoms with Crippen molar-refractivity contribution in [1.29, 1.82) is 0 Å². The van der Waals surface area contributed by atoms with Gasteiger partial charge in [0.2, 0.25) is 0 Å². The van der Waals surface area contributed by atoms with Crippen molar-refractivity contribution in [3.8, 4) is 0 Å². The van der Waals surface area contributed by atoms with Crippen molar-refractivity contribution in [2.24, 2.45) is 5.73 Å². The standard InChI is InChI=1S/C9H14N2O2/c10-7-1-2-8-3-5-9(6-4-8)11-13-12/h3-6,11-12H,1-2,7,10H2. The Morgan fingerprint density at radius 2 is 2.00 bits per heavy atom. The molecular weight excluding hydrogens is 168 g/mol. The molecule has 0 radical (unpaired) electrons. The highest BCUT2D eigenvalue weighted by Crippen LogP contribution is 2.10. The Hall–Kier alpha value is -1.10. The lowest BCUT2D eigenvalue weighted by Crippen LogP contribution is -2.00. The van der Waals surface area contributed by atoms with Crippen molar-refractivity contribution in [1.82, 2.24) is 0 Å². The SMILES string of the molecule is NCCCc1ccc(NOO)cc1. The molecule has 0 aliphatic heterocycles. The lowest BCUT2D eigenvalue weighted by molar-refractivity contribution is -0.215. The smallest absolute Gasteiger partial charge is 0.0634 e. The highest BCUT2D eigenvalue weighted by atomic mass is 17.2. The quantitative estimate of drug-likeness (QED) is 0.475. The third-order valence-electron chi connectivity index (χ3n) is 1.79. The Labute approximate surface area is 77.2 Å². The highest BCUT2D eigenvalue weighted by Gasteiger charge is 1.93. The second-order valence-corrected chi connectivity index (χ2v) is 2.78. The molecule has 4 heteroatoms. The monoisotopic (exact) mass is 182 g/mol. The second-order valence-electron chi connectivity index (χ2n) is 2.78.